The Morgan fingerprint density at radius 1 is 1.61 bits per heavy atom. The molecule has 0 aromatic carbocycles. The predicted octanol–water partition coefficient (Wildman–Crippen LogP) is 1.31. The van der Waals surface area contributed by atoms with Gasteiger partial charge in [0.05, 0.1) is 12.5 Å². The summed E-state index contributed by atoms with van der Waals surface area (Å²) in [5, 5.41) is 0. The van der Waals surface area contributed by atoms with E-state index in [4.69, 9.17) is 4.74 Å². The van der Waals surface area contributed by atoms with Gasteiger partial charge in [-0.05, 0) is 25.2 Å². The highest BCUT2D eigenvalue weighted by molar-refractivity contribution is 5.92. The molecule has 1 fully saturated rings. The van der Waals surface area contributed by atoms with Crippen molar-refractivity contribution in [2.45, 2.75) is 19.3 Å². The molecule has 1 atom stereocenters. The van der Waals surface area contributed by atoms with Crippen LogP contribution >= 0.6 is 0 Å². The Kier molecular flexibility index (Phi) is 4.36. The highest BCUT2D eigenvalue weighted by atomic mass is 16.5. The number of imidazole rings is 1. The Morgan fingerprint density at radius 3 is 3.11 bits per heavy atom. The van der Waals surface area contributed by atoms with Crippen LogP contribution in [-0.2, 0) is 11.8 Å². The van der Waals surface area contributed by atoms with Crippen LogP contribution in [0.15, 0.2) is 12.5 Å². The van der Waals surface area contributed by atoms with E-state index in [1.54, 1.807) is 24.2 Å². The lowest BCUT2D eigenvalue weighted by Gasteiger charge is -2.32. The molecule has 100 valence electrons. The number of amides is 1. The summed E-state index contributed by atoms with van der Waals surface area (Å²) in [6.07, 6.45) is 6.61. The van der Waals surface area contributed by atoms with Crippen molar-refractivity contribution in [3.05, 3.63) is 18.2 Å². The number of aromatic nitrogens is 2. The molecule has 0 aliphatic carbocycles. The number of hydrogen-bond acceptors (Lipinski definition) is 3. The number of carbonyl (C=O) groups is 1. The lowest BCUT2D eigenvalue weighted by atomic mass is 9.95. The minimum Gasteiger partial charge on any atom is -0.385 e. The van der Waals surface area contributed by atoms with E-state index in [-0.39, 0.29) is 5.91 Å². The van der Waals surface area contributed by atoms with Gasteiger partial charge in [-0.2, -0.15) is 0 Å². The number of hydrogen-bond donors (Lipinski definition) is 0. The van der Waals surface area contributed by atoms with E-state index < -0.39 is 0 Å². The van der Waals surface area contributed by atoms with Gasteiger partial charge in [-0.15, -0.1) is 0 Å². The maximum atomic E-state index is 12.3. The van der Waals surface area contributed by atoms with Crippen LogP contribution in [0.1, 0.15) is 29.8 Å². The van der Waals surface area contributed by atoms with E-state index in [0.717, 1.165) is 32.5 Å². The van der Waals surface area contributed by atoms with Gasteiger partial charge >= 0.3 is 0 Å². The van der Waals surface area contributed by atoms with E-state index in [9.17, 15) is 4.79 Å². The van der Waals surface area contributed by atoms with Crippen molar-refractivity contribution >= 4 is 5.91 Å². The highest BCUT2D eigenvalue weighted by Gasteiger charge is 2.25. The smallest absolute Gasteiger partial charge is 0.272 e. The quantitative estimate of drug-likeness (QED) is 0.810. The van der Waals surface area contributed by atoms with Crippen LogP contribution in [-0.4, -0.2) is 47.2 Å². The van der Waals surface area contributed by atoms with Crippen LogP contribution < -0.4 is 0 Å². The van der Waals surface area contributed by atoms with Crippen molar-refractivity contribution in [2.24, 2.45) is 13.0 Å². The molecule has 0 saturated carbocycles. The molecule has 1 aromatic heterocycles. The molecule has 1 aromatic rings. The summed E-state index contributed by atoms with van der Waals surface area (Å²) in [7, 11) is 3.58. The van der Waals surface area contributed by atoms with E-state index in [1.807, 2.05) is 11.9 Å². The van der Waals surface area contributed by atoms with Crippen molar-refractivity contribution < 1.29 is 9.53 Å². The Bertz CT molecular complexity index is 403. The number of carbonyl (C=O) groups excluding carboxylic acids is 1. The van der Waals surface area contributed by atoms with E-state index >= 15 is 0 Å². The molecule has 1 aliphatic heterocycles. The minimum absolute atomic E-state index is 0.0946. The molecule has 2 heterocycles. The third kappa shape index (κ3) is 2.90. The second-order valence-electron chi connectivity index (χ2n) is 4.93. The summed E-state index contributed by atoms with van der Waals surface area (Å²) in [6, 6.07) is 0. The summed E-state index contributed by atoms with van der Waals surface area (Å²) < 4.78 is 6.89. The summed E-state index contributed by atoms with van der Waals surface area (Å²) >= 11 is 0. The molecular formula is C13H21N3O2. The maximum absolute atomic E-state index is 12.3. The van der Waals surface area contributed by atoms with Gasteiger partial charge in [0.1, 0.15) is 5.69 Å². The lowest BCUT2D eigenvalue weighted by molar-refractivity contribution is 0.0633. The van der Waals surface area contributed by atoms with Gasteiger partial charge in [0.25, 0.3) is 5.91 Å². The summed E-state index contributed by atoms with van der Waals surface area (Å²) in [5.74, 6) is 0.660. The van der Waals surface area contributed by atoms with Crippen LogP contribution in [0.2, 0.25) is 0 Å². The summed E-state index contributed by atoms with van der Waals surface area (Å²) in [6.45, 7) is 2.47. The zero-order valence-electron chi connectivity index (χ0n) is 11.1. The molecule has 0 spiro atoms. The van der Waals surface area contributed by atoms with Crippen molar-refractivity contribution in [3.8, 4) is 0 Å². The molecule has 1 saturated heterocycles. The molecule has 5 nitrogen and oxygen atoms in total. The highest BCUT2D eigenvalue weighted by Crippen LogP contribution is 2.21. The fourth-order valence-corrected chi connectivity index (χ4v) is 2.49. The normalized spacial score (nSPS) is 20.1. The Labute approximate surface area is 108 Å². The fourth-order valence-electron chi connectivity index (χ4n) is 2.49. The standard InChI is InChI=1S/C13H21N3O2/c1-15-10-14-8-12(15)13(17)16-6-3-4-11(9-16)5-7-18-2/h8,10-11H,3-7,9H2,1-2H3/t11-/m0/s1. The topological polar surface area (TPSA) is 47.4 Å². The monoisotopic (exact) mass is 251 g/mol. The molecule has 0 unspecified atom stereocenters. The molecule has 1 amide bonds. The molecule has 18 heavy (non-hydrogen) atoms. The molecule has 0 N–H and O–H groups in total. The number of rotatable bonds is 4. The second kappa shape index (κ2) is 6.00. The zero-order chi connectivity index (χ0) is 13.0. The van der Waals surface area contributed by atoms with Gasteiger partial charge in [-0.25, -0.2) is 4.98 Å². The number of methoxy groups -OCH3 is 1. The summed E-state index contributed by atoms with van der Waals surface area (Å²) in [5.41, 5.74) is 0.669. The van der Waals surface area contributed by atoms with Crippen molar-refractivity contribution in [1.82, 2.24) is 14.5 Å². The van der Waals surface area contributed by atoms with Crippen molar-refractivity contribution in [2.75, 3.05) is 26.8 Å². The molecular weight excluding hydrogens is 230 g/mol. The first kappa shape index (κ1) is 13.1. The largest absolute Gasteiger partial charge is 0.385 e. The Balaban J connectivity index is 1.96. The number of piperidine rings is 1. The second-order valence-corrected chi connectivity index (χ2v) is 4.93. The third-order valence-electron chi connectivity index (χ3n) is 3.57. The van der Waals surface area contributed by atoms with Crippen LogP contribution in [0.4, 0.5) is 0 Å². The molecule has 1 aliphatic rings. The lowest BCUT2D eigenvalue weighted by Crippen LogP contribution is -2.40. The van der Waals surface area contributed by atoms with E-state index in [0.29, 0.717) is 11.6 Å². The van der Waals surface area contributed by atoms with Gasteiger partial charge < -0.3 is 14.2 Å². The van der Waals surface area contributed by atoms with Gasteiger partial charge in [-0.3, -0.25) is 4.79 Å². The first-order valence-electron chi connectivity index (χ1n) is 6.47. The molecule has 0 bridgehead atoms. The number of likely N-dealkylation sites (tertiary alicyclic amines) is 1. The fraction of sp³-hybridized carbons (Fsp3) is 0.692. The average molecular weight is 251 g/mol. The van der Waals surface area contributed by atoms with Gasteiger partial charge in [-0.1, -0.05) is 0 Å². The Morgan fingerprint density at radius 2 is 2.44 bits per heavy atom. The zero-order valence-corrected chi connectivity index (χ0v) is 11.1. The van der Waals surface area contributed by atoms with Crippen molar-refractivity contribution in [1.29, 1.82) is 0 Å². The van der Waals surface area contributed by atoms with Gasteiger partial charge in [0.2, 0.25) is 0 Å². The average Bonchev–Trinajstić information content (AvgIpc) is 2.82. The molecule has 0 radical (unpaired) electrons. The third-order valence-corrected chi connectivity index (χ3v) is 3.57. The minimum atomic E-state index is 0.0946. The summed E-state index contributed by atoms with van der Waals surface area (Å²) in [4.78, 5) is 18.3. The predicted molar refractivity (Wildman–Crippen MR) is 68.3 cm³/mol. The SMILES string of the molecule is COCC[C@@H]1CCCN(C(=O)c2cncn2C)C1. The van der Waals surface area contributed by atoms with Crippen LogP contribution in [0.5, 0.6) is 0 Å². The van der Waals surface area contributed by atoms with Gasteiger partial charge in [0, 0.05) is 33.9 Å². The van der Waals surface area contributed by atoms with Crippen LogP contribution in [0.3, 0.4) is 0 Å². The maximum Gasteiger partial charge on any atom is 0.272 e. The van der Waals surface area contributed by atoms with Crippen LogP contribution in [0.25, 0.3) is 0 Å². The van der Waals surface area contributed by atoms with Crippen LogP contribution in [0, 0.1) is 5.92 Å². The van der Waals surface area contributed by atoms with E-state index in [1.165, 1.54) is 6.42 Å². The first-order chi connectivity index (χ1) is 8.72. The first-order valence-corrected chi connectivity index (χ1v) is 6.47. The molecule has 5 heteroatoms. The number of ether oxygens (including phenoxy) is 1. The molecule has 2 rings (SSSR count). The Hall–Kier alpha value is -1.36. The number of aryl methyl sites for hydroxylation is 1. The van der Waals surface area contributed by atoms with Crippen molar-refractivity contribution in [3.63, 3.8) is 0 Å². The van der Waals surface area contributed by atoms with E-state index in [2.05, 4.69) is 4.98 Å². The number of nitrogens with zero attached hydrogens (tertiary/aromatic N) is 3. The van der Waals surface area contributed by atoms with Gasteiger partial charge in [0.15, 0.2) is 0 Å².